The Balaban J connectivity index is 2.10. The number of aryl methyl sites for hydroxylation is 1. The van der Waals surface area contributed by atoms with E-state index in [-0.39, 0.29) is 6.61 Å². The first-order valence-electron chi connectivity index (χ1n) is 9.69. The van der Waals surface area contributed by atoms with E-state index in [0.29, 0.717) is 5.75 Å². The summed E-state index contributed by atoms with van der Waals surface area (Å²) in [6.07, 6.45) is 12.2. The summed E-state index contributed by atoms with van der Waals surface area (Å²) in [4.78, 5) is 9.84. The van der Waals surface area contributed by atoms with Crippen LogP contribution in [0.3, 0.4) is 0 Å². The second-order valence-electron chi connectivity index (χ2n) is 6.77. The Morgan fingerprint density at radius 1 is 0.920 bits per heavy atom. The molecule has 25 heavy (non-hydrogen) atoms. The molecular formula is C20H35O4P. The van der Waals surface area contributed by atoms with Gasteiger partial charge >= 0.3 is 7.82 Å². The predicted octanol–water partition coefficient (Wildman–Crippen LogP) is 6.72. The molecule has 0 aliphatic rings. The van der Waals surface area contributed by atoms with Crippen LogP contribution in [0.15, 0.2) is 18.2 Å². The first-order chi connectivity index (χ1) is 12.0. The van der Waals surface area contributed by atoms with Gasteiger partial charge in [-0.2, -0.15) is 0 Å². The number of rotatable bonds is 14. The quantitative estimate of drug-likeness (QED) is 0.292. The van der Waals surface area contributed by atoms with Crippen LogP contribution in [-0.4, -0.2) is 11.5 Å². The third-order valence-corrected chi connectivity index (χ3v) is 5.46. The molecule has 0 aliphatic carbocycles. The predicted molar refractivity (Wildman–Crippen MR) is 104 cm³/mol. The molecule has 1 aromatic carbocycles. The van der Waals surface area contributed by atoms with Gasteiger partial charge in [-0.05, 0) is 37.5 Å². The van der Waals surface area contributed by atoms with Crippen molar-refractivity contribution in [3.63, 3.8) is 0 Å². The van der Waals surface area contributed by atoms with E-state index in [1.165, 1.54) is 44.9 Å². The molecule has 0 saturated carbocycles. The van der Waals surface area contributed by atoms with Crippen LogP contribution in [0.4, 0.5) is 0 Å². The minimum atomic E-state index is -4.04. The van der Waals surface area contributed by atoms with E-state index in [0.717, 1.165) is 30.4 Å². The molecule has 0 radical (unpaired) electrons. The van der Waals surface area contributed by atoms with Gasteiger partial charge in [0.05, 0.1) is 6.61 Å². The van der Waals surface area contributed by atoms with Crippen molar-refractivity contribution in [3.05, 3.63) is 29.3 Å². The first kappa shape index (κ1) is 22.2. The Labute approximate surface area is 153 Å². The Morgan fingerprint density at radius 3 is 2.08 bits per heavy atom. The van der Waals surface area contributed by atoms with Gasteiger partial charge in [0.2, 0.25) is 0 Å². The summed E-state index contributed by atoms with van der Waals surface area (Å²) >= 11 is 0. The van der Waals surface area contributed by atoms with E-state index in [9.17, 15) is 9.46 Å². The van der Waals surface area contributed by atoms with Crippen molar-refractivity contribution in [2.24, 2.45) is 0 Å². The molecule has 1 aromatic rings. The van der Waals surface area contributed by atoms with Gasteiger partial charge in [-0.3, -0.25) is 9.42 Å². The lowest BCUT2D eigenvalue weighted by Crippen LogP contribution is -2.01. The van der Waals surface area contributed by atoms with Crippen LogP contribution in [0, 0.1) is 13.8 Å². The van der Waals surface area contributed by atoms with Crippen molar-refractivity contribution in [1.82, 2.24) is 0 Å². The maximum absolute atomic E-state index is 12.0. The van der Waals surface area contributed by atoms with Crippen LogP contribution in [-0.2, 0) is 9.09 Å². The molecule has 0 saturated heterocycles. The second kappa shape index (κ2) is 12.5. The van der Waals surface area contributed by atoms with Crippen LogP contribution < -0.4 is 4.52 Å². The monoisotopic (exact) mass is 370 g/mol. The maximum atomic E-state index is 12.0. The molecule has 4 nitrogen and oxygen atoms in total. The normalized spacial score (nSPS) is 13.6. The number of unbranched alkanes of at least 4 members (excludes halogenated alkanes) is 9. The molecule has 1 rings (SSSR count). The molecule has 0 aliphatic heterocycles. The highest BCUT2D eigenvalue weighted by molar-refractivity contribution is 7.47. The molecule has 1 atom stereocenters. The number of phosphoric acid groups is 1. The summed E-state index contributed by atoms with van der Waals surface area (Å²) in [5.74, 6) is 0.411. The SMILES string of the molecule is CCCCCCCCCCCCOP(=O)(O)Oc1cccc(C)c1C. The van der Waals surface area contributed by atoms with Gasteiger partial charge in [-0.25, -0.2) is 4.57 Å². The number of hydrogen-bond donors (Lipinski definition) is 1. The Bertz CT molecular complexity index is 530. The van der Waals surface area contributed by atoms with Gasteiger partial charge < -0.3 is 4.52 Å². The van der Waals surface area contributed by atoms with Crippen molar-refractivity contribution in [2.75, 3.05) is 6.61 Å². The van der Waals surface area contributed by atoms with Gasteiger partial charge in [0.1, 0.15) is 5.75 Å². The molecule has 0 bridgehead atoms. The van der Waals surface area contributed by atoms with Gasteiger partial charge in [0, 0.05) is 0 Å². The van der Waals surface area contributed by atoms with Gasteiger partial charge in [-0.1, -0.05) is 76.8 Å². The molecule has 5 heteroatoms. The maximum Gasteiger partial charge on any atom is 0.527 e. The Hall–Kier alpha value is -0.830. The fraction of sp³-hybridized carbons (Fsp3) is 0.700. The average molecular weight is 370 g/mol. The van der Waals surface area contributed by atoms with Crippen molar-refractivity contribution in [1.29, 1.82) is 0 Å². The molecule has 0 heterocycles. The topological polar surface area (TPSA) is 55.8 Å². The van der Waals surface area contributed by atoms with E-state index in [2.05, 4.69) is 6.92 Å². The molecule has 0 spiro atoms. The highest BCUT2D eigenvalue weighted by Gasteiger charge is 2.23. The molecule has 1 unspecified atom stereocenters. The lowest BCUT2D eigenvalue weighted by Gasteiger charge is -2.15. The molecule has 0 fully saturated rings. The van der Waals surface area contributed by atoms with Crippen molar-refractivity contribution >= 4 is 7.82 Å². The van der Waals surface area contributed by atoms with Gasteiger partial charge in [0.15, 0.2) is 0 Å². The summed E-state index contributed by atoms with van der Waals surface area (Å²) in [7, 11) is -4.04. The second-order valence-corrected chi connectivity index (χ2v) is 8.15. The van der Waals surface area contributed by atoms with Crippen LogP contribution >= 0.6 is 7.82 Å². The Kier molecular flexibility index (Phi) is 11.1. The largest absolute Gasteiger partial charge is 0.527 e. The van der Waals surface area contributed by atoms with Crippen molar-refractivity contribution < 1.29 is 18.5 Å². The third-order valence-electron chi connectivity index (χ3n) is 4.52. The van der Waals surface area contributed by atoms with Crippen LogP contribution in [0.5, 0.6) is 5.75 Å². The van der Waals surface area contributed by atoms with E-state index in [4.69, 9.17) is 9.05 Å². The Morgan fingerprint density at radius 2 is 1.48 bits per heavy atom. The van der Waals surface area contributed by atoms with Crippen LogP contribution in [0.1, 0.15) is 82.3 Å². The number of benzene rings is 1. The van der Waals surface area contributed by atoms with Gasteiger partial charge in [0.25, 0.3) is 0 Å². The molecular weight excluding hydrogens is 335 g/mol. The lowest BCUT2D eigenvalue weighted by molar-refractivity contribution is 0.199. The minimum Gasteiger partial charge on any atom is -0.404 e. The summed E-state index contributed by atoms with van der Waals surface area (Å²) in [6.45, 7) is 6.30. The standard InChI is InChI=1S/C20H35O4P/c1-4-5-6-7-8-9-10-11-12-13-17-23-25(21,22)24-20-16-14-15-18(2)19(20)3/h14-16H,4-13,17H2,1-3H3,(H,21,22). The summed E-state index contributed by atoms with van der Waals surface area (Å²) in [5, 5.41) is 0. The van der Waals surface area contributed by atoms with Crippen LogP contribution in [0.2, 0.25) is 0 Å². The van der Waals surface area contributed by atoms with E-state index in [1.54, 1.807) is 12.1 Å². The van der Waals surface area contributed by atoms with E-state index < -0.39 is 7.82 Å². The number of phosphoric ester groups is 1. The first-order valence-corrected chi connectivity index (χ1v) is 11.2. The molecule has 1 N–H and O–H groups in total. The van der Waals surface area contributed by atoms with Gasteiger partial charge in [-0.15, -0.1) is 0 Å². The molecule has 0 aromatic heterocycles. The summed E-state index contributed by atoms with van der Waals surface area (Å²) in [5.41, 5.74) is 1.88. The van der Waals surface area contributed by atoms with Crippen LogP contribution in [0.25, 0.3) is 0 Å². The highest BCUT2D eigenvalue weighted by Crippen LogP contribution is 2.45. The average Bonchev–Trinajstić information content (AvgIpc) is 2.56. The smallest absolute Gasteiger partial charge is 0.404 e. The fourth-order valence-corrected chi connectivity index (χ4v) is 3.60. The highest BCUT2D eigenvalue weighted by atomic mass is 31.2. The minimum absolute atomic E-state index is 0.259. The van der Waals surface area contributed by atoms with E-state index >= 15 is 0 Å². The zero-order valence-electron chi connectivity index (χ0n) is 16.1. The zero-order valence-corrected chi connectivity index (χ0v) is 17.0. The number of hydrogen-bond acceptors (Lipinski definition) is 3. The summed E-state index contributed by atoms with van der Waals surface area (Å²) < 4.78 is 22.3. The van der Waals surface area contributed by atoms with Crippen molar-refractivity contribution in [3.8, 4) is 5.75 Å². The molecule has 0 amide bonds. The third kappa shape index (κ3) is 10.0. The van der Waals surface area contributed by atoms with Crippen molar-refractivity contribution in [2.45, 2.75) is 85.0 Å². The lowest BCUT2D eigenvalue weighted by atomic mass is 10.1. The fourth-order valence-electron chi connectivity index (χ4n) is 2.74. The summed E-state index contributed by atoms with van der Waals surface area (Å²) in [6, 6.07) is 5.43. The zero-order chi connectivity index (χ0) is 18.5. The molecule has 144 valence electrons. The van der Waals surface area contributed by atoms with E-state index in [1.807, 2.05) is 19.9 Å².